The summed E-state index contributed by atoms with van der Waals surface area (Å²) >= 11 is 3.44. The average Bonchev–Trinajstić information content (AvgIpc) is 3.28. The van der Waals surface area contributed by atoms with Gasteiger partial charge in [0.05, 0.1) is 6.54 Å². The van der Waals surface area contributed by atoms with Gasteiger partial charge in [0.2, 0.25) is 5.91 Å². The molecule has 2 N–H and O–H groups in total. The van der Waals surface area contributed by atoms with Gasteiger partial charge in [-0.25, -0.2) is 0 Å². The van der Waals surface area contributed by atoms with E-state index in [1.165, 1.54) is 12.8 Å². The van der Waals surface area contributed by atoms with E-state index in [2.05, 4.69) is 37.5 Å². The molecule has 2 aliphatic heterocycles. The molecule has 2 aromatic carbocycles. The van der Waals surface area contributed by atoms with Gasteiger partial charge >= 0.3 is 0 Å². The third-order valence-corrected chi connectivity index (χ3v) is 6.19. The molecule has 2 aliphatic rings. The maximum atomic E-state index is 12.7. The molecule has 1 saturated heterocycles. The Hall–Kier alpha value is -2.09. The number of rotatable bonds is 9. The van der Waals surface area contributed by atoms with E-state index in [1.807, 2.05) is 36.4 Å². The highest BCUT2D eigenvalue weighted by atomic mass is 79.9. The summed E-state index contributed by atoms with van der Waals surface area (Å²) in [7, 11) is 0. The van der Waals surface area contributed by atoms with Crippen LogP contribution in [0.4, 0.5) is 0 Å². The van der Waals surface area contributed by atoms with Gasteiger partial charge < -0.3 is 25.0 Å². The molecule has 0 radical (unpaired) electrons. The highest BCUT2D eigenvalue weighted by molar-refractivity contribution is 9.10. The molecule has 31 heavy (non-hydrogen) atoms. The molecule has 1 amide bonds. The number of carbonyl (C=O) groups excluding carboxylic acids is 1. The first-order valence-electron chi connectivity index (χ1n) is 11.0. The maximum Gasteiger partial charge on any atom is 0.234 e. The number of amides is 1. The third-order valence-electron chi connectivity index (χ3n) is 5.66. The number of benzene rings is 2. The van der Waals surface area contributed by atoms with Gasteiger partial charge in [-0.3, -0.25) is 4.79 Å². The predicted octanol–water partition coefficient (Wildman–Crippen LogP) is 3.13. The SMILES string of the molecule is O=C(CNCc1ccc(Br)cc1)NC(Cc1ccc2c(c1)OCCO2)CN1CCCC1. The molecule has 1 fully saturated rings. The fourth-order valence-electron chi connectivity index (χ4n) is 4.14. The molecule has 0 spiro atoms. The monoisotopic (exact) mass is 487 g/mol. The summed E-state index contributed by atoms with van der Waals surface area (Å²) in [6, 6.07) is 14.3. The number of ether oxygens (including phenoxy) is 2. The largest absolute Gasteiger partial charge is 0.486 e. The van der Waals surface area contributed by atoms with Crippen molar-refractivity contribution in [1.82, 2.24) is 15.5 Å². The topological polar surface area (TPSA) is 62.8 Å². The molecule has 6 nitrogen and oxygen atoms in total. The van der Waals surface area contributed by atoms with Crippen LogP contribution in [0.3, 0.4) is 0 Å². The number of halogens is 1. The van der Waals surface area contributed by atoms with Gasteiger partial charge in [-0.2, -0.15) is 0 Å². The Kier molecular flexibility index (Phi) is 7.83. The Labute approximate surface area is 192 Å². The van der Waals surface area contributed by atoms with Crippen molar-refractivity contribution in [2.45, 2.75) is 31.8 Å². The molecule has 2 heterocycles. The molecule has 1 atom stereocenters. The molecule has 4 rings (SSSR count). The van der Waals surface area contributed by atoms with E-state index >= 15 is 0 Å². The lowest BCUT2D eigenvalue weighted by Crippen LogP contribution is -2.47. The fourth-order valence-corrected chi connectivity index (χ4v) is 4.40. The minimum atomic E-state index is 0.0267. The lowest BCUT2D eigenvalue weighted by atomic mass is 10.0. The molecule has 166 valence electrons. The standard InChI is InChI=1S/C24H30BrN3O3/c25-20-6-3-18(4-7-20)15-26-16-24(29)27-21(17-28-9-1-2-10-28)13-19-5-8-22-23(14-19)31-12-11-30-22/h3-8,14,21,26H,1-2,9-13,15-17H2,(H,27,29). The summed E-state index contributed by atoms with van der Waals surface area (Å²) < 4.78 is 12.4. The van der Waals surface area contributed by atoms with Gasteiger partial charge in [-0.05, 0) is 67.7 Å². The number of hydrogen-bond acceptors (Lipinski definition) is 5. The molecule has 0 saturated carbocycles. The molecule has 2 aromatic rings. The zero-order chi connectivity index (χ0) is 21.5. The van der Waals surface area contributed by atoms with Crippen LogP contribution in [-0.2, 0) is 17.8 Å². The summed E-state index contributed by atoms with van der Waals surface area (Å²) in [5, 5.41) is 6.49. The van der Waals surface area contributed by atoms with Crippen LogP contribution in [0.5, 0.6) is 11.5 Å². The van der Waals surface area contributed by atoms with Gasteiger partial charge in [0, 0.05) is 23.6 Å². The Bertz CT molecular complexity index is 869. The average molecular weight is 488 g/mol. The second kappa shape index (κ2) is 11.0. The first kappa shape index (κ1) is 22.1. The molecular weight excluding hydrogens is 458 g/mol. The number of carbonyl (C=O) groups is 1. The van der Waals surface area contributed by atoms with E-state index in [9.17, 15) is 4.79 Å². The van der Waals surface area contributed by atoms with E-state index in [1.54, 1.807) is 0 Å². The van der Waals surface area contributed by atoms with E-state index in [4.69, 9.17) is 9.47 Å². The van der Waals surface area contributed by atoms with Crippen molar-refractivity contribution in [3.05, 3.63) is 58.1 Å². The first-order chi connectivity index (χ1) is 15.2. The summed E-state index contributed by atoms with van der Waals surface area (Å²) in [6.45, 7) is 5.21. The molecule has 0 aromatic heterocycles. The van der Waals surface area contributed by atoms with Crippen LogP contribution in [0.15, 0.2) is 46.9 Å². The van der Waals surface area contributed by atoms with Crippen LogP contribution < -0.4 is 20.1 Å². The molecule has 7 heteroatoms. The zero-order valence-electron chi connectivity index (χ0n) is 17.7. The van der Waals surface area contributed by atoms with Crippen LogP contribution in [0, 0.1) is 0 Å². The molecule has 0 aliphatic carbocycles. The van der Waals surface area contributed by atoms with Gasteiger partial charge in [0.15, 0.2) is 11.5 Å². The van der Waals surface area contributed by atoms with Crippen molar-refractivity contribution in [2.75, 3.05) is 39.4 Å². The molecule has 0 bridgehead atoms. The van der Waals surface area contributed by atoms with Crippen molar-refractivity contribution in [3.8, 4) is 11.5 Å². The van der Waals surface area contributed by atoms with Crippen LogP contribution in [0.25, 0.3) is 0 Å². The lowest BCUT2D eigenvalue weighted by molar-refractivity contribution is -0.121. The number of nitrogens with one attached hydrogen (secondary N) is 2. The smallest absolute Gasteiger partial charge is 0.234 e. The number of hydrogen-bond donors (Lipinski definition) is 2. The van der Waals surface area contributed by atoms with E-state index in [0.717, 1.165) is 53.2 Å². The van der Waals surface area contributed by atoms with Crippen LogP contribution in [0.2, 0.25) is 0 Å². The minimum absolute atomic E-state index is 0.0267. The van der Waals surface area contributed by atoms with Crippen LogP contribution in [0.1, 0.15) is 24.0 Å². The van der Waals surface area contributed by atoms with Crippen molar-refractivity contribution in [3.63, 3.8) is 0 Å². The first-order valence-corrected chi connectivity index (χ1v) is 11.8. The van der Waals surface area contributed by atoms with Gasteiger partial charge in [-0.1, -0.05) is 34.1 Å². The van der Waals surface area contributed by atoms with Crippen molar-refractivity contribution in [1.29, 1.82) is 0 Å². The number of fused-ring (bicyclic) bond motifs is 1. The maximum absolute atomic E-state index is 12.7. The zero-order valence-corrected chi connectivity index (χ0v) is 19.3. The fraction of sp³-hybridized carbons (Fsp3) is 0.458. The van der Waals surface area contributed by atoms with Crippen molar-refractivity contribution in [2.24, 2.45) is 0 Å². The highest BCUT2D eigenvalue weighted by Gasteiger charge is 2.21. The van der Waals surface area contributed by atoms with Crippen molar-refractivity contribution < 1.29 is 14.3 Å². The summed E-state index contributed by atoms with van der Waals surface area (Å²) in [6.07, 6.45) is 3.24. The Balaban J connectivity index is 1.32. The van der Waals surface area contributed by atoms with Crippen LogP contribution in [-0.4, -0.2) is 56.2 Å². The summed E-state index contributed by atoms with van der Waals surface area (Å²) in [4.78, 5) is 15.1. The molecule has 1 unspecified atom stereocenters. The summed E-state index contributed by atoms with van der Waals surface area (Å²) in [5.41, 5.74) is 2.30. The lowest BCUT2D eigenvalue weighted by Gasteiger charge is -2.25. The summed E-state index contributed by atoms with van der Waals surface area (Å²) in [5.74, 6) is 1.62. The number of likely N-dealkylation sites (tertiary alicyclic amines) is 1. The van der Waals surface area contributed by atoms with Gasteiger partial charge in [-0.15, -0.1) is 0 Å². The van der Waals surface area contributed by atoms with E-state index in [0.29, 0.717) is 26.3 Å². The van der Waals surface area contributed by atoms with E-state index in [-0.39, 0.29) is 11.9 Å². The van der Waals surface area contributed by atoms with Crippen LogP contribution >= 0.6 is 15.9 Å². The van der Waals surface area contributed by atoms with Gasteiger partial charge in [0.25, 0.3) is 0 Å². The quantitative estimate of drug-likeness (QED) is 0.568. The Morgan fingerprint density at radius 2 is 1.71 bits per heavy atom. The Morgan fingerprint density at radius 3 is 2.48 bits per heavy atom. The Morgan fingerprint density at radius 1 is 1.00 bits per heavy atom. The normalized spacial score (nSPS) is 16.8. The van der Waals surface area contributed by atoms with Gasteiger partial charge in [0.1, 0.15) is 13.2 Å². The highest BCUT2D eigenvalue weighted by Crippen LogP contribution is 2.31. The van der Waals surface area contributed by atoms with E-state index < -0.39 is 0 Å². The predicted molar refractivity (Wildman–Crippen MR) is 125 cm³/mol. The minimum Gasteiger partial charge on any atom is -0.486 e. The second-order valence-corrected chi connectivity index (χ2v) is 9.10. The number of nitrogens with zero attached hydrogens (tertiary/aromatic N) is 1. The molecular formula is C24H30BrN3O3. The van der Waals surface area contributed by atoms with Crippen molar-refractivity contribution >= 4 is 21.8 Å². The second-order valence-electron chi connectivity index (χ2n) is 8.18. The third kappa shape index (κ3) is 6.69.